The summed E-state index contributed by atoms with van der Waals surface area (Å²) >= 11 is 0. The molecule has 1 fully saturated rings. The fourth-order valence-corrected chi connectivity index (χ4v) is 4.00. The van der Waals surface area contributed by atoms with E-state index < -0.39 is 5.91 Å². The smallest absolute Gasteiger partial charge is 0.323 e. The fraction of sp³-hybridized carbons (Fsp3) is 0.333. The Bertz CT molecular complexity index is 1100. The number of imidazole rings is 1. The fourth-order valence-electron chi connectivity index (χ4n) is 4.00. The molecule has 1 aromatic heterocycles. The molecule has 2 aromatic rings. The number of hydrogen-bond acceptors (Lipinski definition) is 7. The van der Waals surface area contributed by atoms with Crippen LogP contribution in [0.5, 0.6) is 0 Å². The van der Waals surface area contributed by atoms with Gasteiger partial charge in [0.25, 0.3) is 11.8 Å². The summed E-state index contributed by atoms with van der Waals surface area (Å²) in [6.45, 7) is 0. The molecule has 0 radical (unpaired) electrons. The van der Waals surface area contributed by atoms with Gasteiger partial charge >= 0.3 is 5.69 Å². The van der Waals surface area contributed by atoms with Crippen LogP contribution in [0.2, 0.25) is 0 Å². The van der Waals surface area contributed by atoms with E-state index in [0.29, 0.717) is 22.6 Å². The lowest BCUT2D eigenvalue weighted by molar-refractivity contribution is -0.116. The van der Waals surface area contributed by atoms with Gasteiger partial charge in [-0.15, -0.1) is 0 Å². The summed E-state index contributed by atoms with van der Waals surface area (Å²) in [5, 5.41) is 5.72. The first-order valence-electron chi connectivity index (χ1n) is 9.25. The van der Waals surface area contributed by atoms with Gasteiger partial charge in [-0.25, -0.2) is 14.8 Å². The minimum Gasteiger partial charge on any atom is -0.331 e. The second kappa shape index (κ2) is 6.06. The van der Waals surface area contributed by atoms with Crippen LogP contribution < -0.4 is 22.1 Å². The third-order valence-corrected chi connectivity index (χ3v) is 5.26. The second-order valence-electron chi connectivity index (χ2n) is 7.24. The number of hydrogen-bond donors (Lipinski definition) is 5. The highest BCUT2D eigenvalue weighted by Gasteiger charge is 2.41. The largest absolute Gasteiger partial charge is 0.331 e. The molecule has 1 saturated carbocycles. The molecule has 1 aromatic carbocycles. The number of H-pyrrole nitrogens is 2. The summed E-state index contributed by atoms with van der Waals surface area (Å²) in [5.74, 6) is -1.44. The van der Waals surface area contributed by atoms with Gasteiger partial charge in [-0.05, 0) is 31.0 Å². The molecule has 1 aliphatic carbocycles. The molecular formula is C18H20N8O2. The Morgan fingerprint density at radius 2 is 1.96 bits per heavy atom. The first kappa shape index (κ1) is 16.8. The van der Waals surface area contributed by atoms with Crippen LogP contribution in [0.1, 0.15) is 25.7 Å². The van der Waals surface area contributed by atoms with E-state index in [0.717, 1.165) is 25.7 Å². The number of rotatable bonds is 3. The Kier molecular flexibility index (Phi) is 3.63. The number of amidine groups is 1. The lowest BCUT2D eigenvalue weighted by Gasteiger charge is -2.38. The molecule has 3 aliphatic rings. The van der Waals surface area contributed by atoms with Crippen molar-refractivity contribution < 1.29 is 4.79 Å². The van der Waals surface area contributed by atoms with Crippen LogP contribution in [0.3, 0.4) is 0 Å². The lowest BCUT2D eigenvalue weighted by Crippen LogP contribution is -2.67. The Morgan fingerprint density at radius 1 is 1.18 bits per heavy atom. The number of nitrogens with one attached hydrogen (secondary N) is 4. The summed E-state index contributed by atoms with van der Waals surface area (Å²) in [7, 11) is 0. The van der Waals surface area contributed by atoms with Crippen LogP contribution in [0, 0.1) is 0 Å². The van der Waals surface area contributed by atoms with E-state index in [4.69, 9.17) is 5.73 Å². The van der Waals surface area contributed by atoms with E-state index in [9.17, 15) is 9.59 Å². The summed E-state index contributed by atoms with van der Waals surface area (Å²) in [6.07, 6.45) is 7.87. The first-order chi connectivity index (χ1) is 13.5. The zero-order valence-electron chi connectivity index (χ0n) is 15.0. The Balaban J connectivity index is 1.50. The maximum atomic E-state index is 12.7. The molecule has 1 unspecified atom stereocenters. The van der Waals surface area contributed by atoms with E-state index in [1.54, 1.807) is 24.4 Å². The van der Waals surface area contributed by atoms with Gasteiger partial charge in [0.05, 0.1) is 11.0 Å². The molecule has 5 rings (SSSR count). The summed E-state index contributed by atoms with van der Waals surface area (Å²) in [6, 6.07) is 5.52. The number of aliphatic imine (C=N–C) groups is 2. The Labute approximate surface area is 159 Å². The van der Waals surface area contributed by atoms with Crippen molar-refractivity contribution >= 4 is 34.2 Å². The van der Waals surface area contributed by atoms with Crippen molar-refractivity contribution in [2.75, 3.05) is 5.32 Å². The minimum atomic E-state index is -1.53. The number of nitrogens with two attached hydrogens (primary N) is 1. The van der Waals surface area contributed by atoms with Crippen LogP contribution in [0.25, 0.3) is 11.0 Å². The molecule has 144 valence electrons. The topological polar surface area (TPSA) is 144 Å². The molecule has 6 N–H and O–H groups in total. The van der Waals surface area contributed by atoms with Crippen molar-refractivity contribution in [1.29, 1.82) is 0 Å². The molecule has 0 bridgehead atoms. The molecule has 28 heavy (non-hydrogen) atoms. The van der Waals surface area contributed by atoms with Crippen LogP contribution in [0.15, 0.2) is 45.4 Å². The maximum absolute atomic E-state index is 12.7. The van der Waals surface area contributed by atoms with Gasteiger partial charge in [-0.1, -0.05) is 12.8 Å². The number of fused-ring (bicyclic) bond motifs is 2. The highest BCUT2D eigenvalue weighted by molar-refractivity contribution is 6.67. The maximum Gasteiger partial charge on any atom is 0.323 e. The quantitative estimate of drug-likeness (QED) is 0.494. The average Bonchev–Trinajstić information content (AvgIpc) is 3.29. The molecular weight excluding hydrogens is 360 g/mol. The predicted octanol–water partition coefficient (Wildman–Crippen LogP) is 0.537. The average molecular weight is 380 g/mol. The van der Waals surface area contributed by atoms with Crippen molar-refractivity contribution in [3.63, 3.8) is 0 Å². The third-order valence-electron chi connectivity index (χ3n) is 5.26. The third kappa shape index (κ3) is 2.78. The number of aromatic amines is 2. The highest BCUT2D eigenvalue weighted by Crippen LogP contribution is 2.27. The minimum absolute atomic E-state index is 0.266. The number of amides is 1. The number of carbonyl (C=O) groups excluding carboxylic acids is 1. The summed E-state index contributed by atoms with van der Waals surface area (Å²) < 4.78 is 0. The van der Waals surface area contributed by atoms with Crippen molar-refractivity contribution in [3.8, 4) is 0 Å². The van der Waals surface area contributed by atoms with Crippen molar-refractivity contribution in [3.05, 3.63) is 41.1 Å². The Hall–Kier alpha value is -3.40. The summed E-state index contributed by atoms with van der Waals surface area (Å²) in [4.78, 5) is 40.3. The number of nitrogens with zero attached hydrogens (tertiary/aromatic N) is 3. The number of carbonyl (C=O) groups is 1. The van der Waals surface area contributed by atoms with E-state index in [-0.39, 0.29) is 23.4 Å². The van der Waals surface area contributed by atoms with Crippen molar-refractivity contribution in [2.45, 2.75) is 37.6 Å². The highest BCUT2D eigenvalue weighted by atomic mass is 16.2. The molecule has 1 amide bonds. The van der Waals surface area contributed by atoms with Crippen LogP contribution in [-0.4, -0.2) is 44.3 Å². The van der Waals surface area contributed by atoms with Gasteiger partial charge in [0, 0.05) is 24.1 Å². The zero-order chi connectivity index (χ0) is 19.3. The van der Waals surface area contributed by atoms with Crippen LogP contribution in [-0.2, 0) is 4.79 Å². The molecule has 10 heteroatoms. The van der Waals surface area contributed by atoms with Gasteiger partial charge in [0.2, 0.25) is 0 Å². The van der Waals surface area contributed by atoms with E-state index in [1.165, 1.54) is 0 Å². The summed E-state index contributed by atoms with van der Waals surface area (Å²) in [5.41, 5.74) is 8.27. The van der Waals surface area contributed by atoms with Crippen molar-refractivity contribution in [1.82, 2.24) is 20.2 Å². The Morgan fingerprint density at radius 3 is 2.79 bits per heavy atom. The van der Waals surface area contributed by atoms with E-state index in [2.05, 4.69) is 30.6 Å². The number of aromatic nitrogens is 2. The monoisotopic (exact) mass is 380 g/mol. The number of anilines is 1. The molecule has 10 nitrogen and oxygen atoms in total. The van der Waals surface area contributed by atoms with Crippen LogP contribution >= 0.6 is 0 Å². The van der Waals surface area contributed by atoms with Crippen LogP contribution in [0.4, 0.5) is 5.69 Å². The first-order valence-corrected chi connectivity index (χ1v) is 9.25. The molecule has 0 saturated heterocycles. The van der Waals surface area contributed by atoms with Gasteiger partial charge in [0.1, 0.15) is 0 Å². The van der Waals surface area contributed by atoms with Gasteiger partial charge in [-0.2, -0.15) is 0 Å². The van der Waals surface area contributed by atoms with Gasteiger partial charge in [-0.3, -0.25) is 15.8 Å². The molecule has 1 atom stereocenters. The predicted molar refractivity (Wildman–Crippen MR) is 106 cm³/mol. The standard InChI is InChI=1S/C18H20N8O2/c19-18(23-10-5-6-12-13(9-10)22-17(28)21-12)24-15-14(16(27)25-18)20-7-8-26(15)11-3-1-2-4-11/h5-9,11,23H,1-4,19H2,(H,25,27)(H2,21,22,28). The lowest BCUT2D eigenvalue weighted by atomic mass is 10.1. The van der Waals surface area contributed by atoms with Gasteiger partial charge < -0.3 is 20.2 Å². The second-order valence-corrected chi connectivity index (χ2v) is 7.24. The SMILES string of the molecule is NC1(Nc2ccc3[nH]c(=O)[nH]c3c2)N=C2C(=NC=CN2C2CCCC2)C(=O)N1. The van der Waals surface area contributed by atoms with E-state index in [1.807, 2.05) is 11.1 Å². The molecule has 3 heterocycles. The zero-order valence-corrected chi connectivity index (χ0v) is 15.0. The van der Waals surface area contributed by atoms with E-state index >= 15 is 0 Å². The molecule has 2 aliphatic heterocycles. The molecule has 0 spiro atoms. The normalized spacial score (nSPS) is 24.8. The van der Waals surface area contributed by atoms with Crippen molar-refractivity contribution in [2.24, 2.45) is 15.7 Å². The van der Waals surface area contributed by atoms with Gasteiger partial charge in [0.15, 0.2) is 11.5 Å². The number of benzene rings is 1.